The minimum atomic E-state index is -0.476. The third-order valence-electron chi connectivity index (χ3n) is 3.33. The molecule has 0 spiro atoms. The van der Waals surface area contributed by atoms with E-state index in [2.05, 4.69) is 9.72 Å². The van der Waals surface area contributed by atoms with Crippen LogP contribution in [0.1, 0.15) is 23.2 Å². The van der Waals surface area contributed by atoms with Crippen LogP contribution in [0.25, 0.3) is 0 Å². The number of nitrogens with zero attached hydrogens (tertiary/aromatic N) is 2. The quantitative estimate of drug-likeness (QED) is 0.814. The van der Waals surface area contributed by atoms with E-state index in [4.69, 9.17) is 4.74 Å². The fourth-order valence-electron chi connectivity index (χ4n) is 2.34. The largest absolute Gasteiger partial charge is 0.480 e. The number of aromatic nitrogens is 1. The zero-order chi connectivity index (χ0) is 13.8. The van der Waals surface area contributed by atoms with Gasteiger partial charge in [-0.25, -0.2) is 4.79 Å². The Balaban J connectivity index is 2.31. The van der Waals surface area contributed by atoms with Gasteiger partial charge in [0.25, 0.3) is 0 Å². The molecule has 1 aliphatic heterocycles. The van der Waals surface area contributed by atoms with Crippen molar-refractivity contribution in [2.24, 2.45) is 0 Å². The molecule has 2 rings (SSSR count). The number of hydrogen-bond donors (Lipinski definition) is 1. The molecular weight excluding hydrogens is 248 g/mol. The average Bonchev–Trinajstić information content (AvgIpc) is 2.94. The van der Waals surface area contributed by atoms with Crippen molar-refractivity contribution in [3.05, 3.63) is 17.7 Å². The molecule has 104 valence electrons. The summed E-state index contributed by atoms with van der Waals surface area (Å²) in [6.07, 6.45) is 1.97. The van der Waals surface area contributed by atoms with Gasteiger partial charge in [-0.1, -0.05) is 0 Å². The van der Waals surface area contributed by atoms with Gasteiger partial charge < -0.3 is 19.5 Å². The summed E-state index contributed by atoms with van der Waals surface area (Å²) < 4.78 is 9.81. The van der Waals surface area contributed by atoms with E-state index in [1.54, 1.807) is 12.1 Å². The molecule has 0 unspecified atom stereocenters. The Hall–Kier alpha value is -1.82. The lowest BCUT2D eigenvalue weighted by Crippen LogP contribution is -2.32. The number of methoxy groups -OCH3 is 2. The number of rotatable bonds is 4. The van der Waals surface area contributed by atoms with E-state index >= 15 is 0 Å². The highest BCUT2D eigenvalue weighted by Crippen LogP contribution is 2.27. The van der Waals surface area contributed by atoms with E-state index in [1.807, 2.05) is 4.90 Å². The maximum absolute atomic E-state index is 11.6. The van der Waals surface area contributed by atoms with Gasteiger partial charge >= 0.3 is 5.97 Å². The lowest BCUT2D eigenvalue weighted by molar-refractivity contribution is 0.0596. The molecule has 19 heavy (non-hydrogen) atoms. The molecule has 0 amide bonds. The Morgan fingerprint density at radius 3 is 2.95 bits per heavy atom. The lowest BCUT2D eigenvalue weighted by Gasteiger charge is -2.24. The topological polar surface area (TPSA) is 71.9 Å². The molecule has 0 aliphatic carbocycles. The van der Waals surface area contributed by atoms with Crippen molar-refractivity contribution in [1.29, 1.82) is 0 Å². The third kappa shape index (κ3) is 2.63. The highest BCUT2D eigenvalue weighted by atomic mass is 16.5. The Morgan fingerprint density at radius 2 is 2.32 bits per heavy atom. The second-order valence-electron chi connectivity index (χ2n) is 4.39. The molecular formula is C13H18N2O4. The average molecular weight is 266 g/mol. The van der Waals surface area contributed by atoms with Crippen LogP contribution in [0.2, 0.25) is 0 Å². The minimum absolute atomic E-state index is 0.0844. The third-order valence-corrected chi connectivity index (χ3v) is 3.33. The normalized spacial score (nSPS) is 18.5. The van der Waals surface area contributed by atoms with Crippen molar-refractivity contribution in [1.82, 2.24) is 4.98 Å². The number of carbonyl (C=O) groups is 1. The summed E-state index contributed by atoms with van der Waals surface area (Å²) in [6, 6.07) is 3.48. The number of hydrogen-bond acceptors (Lipinski definition) is 6. The number of carbonyl (C=O) groups excluding carboxylic acids is 1. The predicted octanol–water partition coefficient (Wildman–Crippen LogP) is 0.838. The molecule has 1 aromatic heterocycles. The molecule has 1 saturated heterocycles. The first-order chi connectivity index (χ1) is 9.21. The molecule has 2 heterocycles. The van der Waals surface area contributed by atoms with Gasteiger partial charge in [0.2, 0.25) is 5.88 Å². The number of pyridine rings is 1. The molecule has 0 bridgehead atoms. The Kier molecular flexibility index (Phi) is 4.21. The van der Waals surface area contributed by atoms with E-state index in [-0.39, 0.29) is 18.5 Å². The SMILES string of the molecule is COC(=O)c1ccc(N2CCC[C@@H]2CO)nc1OC. The maximum Gasteiger partial charge on any atom is 0.343 e. The molecule has 1 atom stereocenters. The summed E-state index contributed by atoms with van der Waals surface area (Å²) in [5.74, 6) is 0.477. The first-order valence-corrected chi connectivity index (χ1v) is 6.22. The number of aliphatic hydroxyl groups excluding tert-OH is 1. The summed E-state index contributed by atoms with van der Waals surface area (Å²) in [4.78, 5) is 17.9. The van der Waals surface area contributed by atoms with Crippen molar-refractivity contribution in [2.45, 2.75) is 18.9 Å². The first kappa shape index (κ1) is 13.6. The number of aliphatic hydroxyl groups is 1. The molecule has 1 fully saturated rings. The molecule has 1 N–H and O–H groups in total. The Labute approximate surface area is 112 Å². The predicted molar refractivity (Wildman–Crippen MR) is 69.6 cm³/mol. The molecule has 6 heteroatoms. The van der Waals surface area contributed by atoms with Crippen LogP contribution >= 0.6 is 0 Å². The van der Waals surface area contributed by atoms with E-state index in [0.717, 1.165) is 19.4 Å². The summed E-state index contributed by atoms with van der Waals surface area (Å²) in [6.45, 7) is 0.946. The van der Waals surface area contributed by atoms with Crippen LogP contribution in [0.5, 0.6) is 5.88 Å². The van der Waals surface area contributed by atoms with Crippen LogP contribution in [-0.2, 0) is 4.74 Å². The first-order valence-electron chi connectivity index (χ1n) is 6.22. The molecule has 0 aromatic carbocycles. The van der Waals surface area contributed by atoms with Gasteiger partial charge in [-0.2, -0.15) is 4.98 Å². The van der Waals surface area contributed by atoms with E-state index in [1.165, 1.54) is 14.2 Å². The second-order valence-corrected chi connectivity index (χ2v) is 4.39. The van der Waals surface area contributed by atoms with Crippen molar-refractivity contribution in [3.63, 3.8) is 0 Å². The van der Waals surface area contributed by atoms with Gasteiger partial charge in [0.1, 0.15) is 11.4 Å². The van der Waals surface area contributed by atoms with Gasteiger partial charge in [0.15, 0.2) is 0 Å². The van der Waals surface area contributed by atoms with Crippen LogP contribution in [0.15, 0.2) is 12.1 Å². The van der Waals surface area contributed by atoms with Crippen molar-refractivity contribution in [2.75, 3.05) is 32.3 Å². The van der Waals surface area contributed by atoms with E-state index < -0.39 is 5.97 Å². The fourth-order valence-corrected chi connectivity index (χ4v) is 2.34. The number of esters is 1. The number of ether oxygens (including phenoxy) is 2. The Bertz CT molecular complexity index is 464. The molecule has 0 saturated carbocycles. The van der Waals surface area contributed by atoms with Crippen LogP contribution in [0.4, 0.5) is 5.82 Å². The molecule has 0 radical (unpaired) electrons. The van der Waals surface area contributed by atoms with Gasteiger partial charge in [0.05, 0.1) is 26.9 Å². The van der Waals surface area contributed by atoms with Gasteiger partial charge in [-0.05, 0) is 25.0 Å². The van der Waals surface area contributed by atoms with Crippen LogP contribution in [-0.4, -0.2) is 49.5 Å². The highest BCUT2D eigenvalue weighted by molar-refractivity contribution is 5.92. The standard InChI is InChI=1S/C13H18N2O4/c1-18-12-10(13(17)19-2)5-6-11(14-12)15-7-3-4-9(15)8-16/h5-6,9,16H,3-4,7-8H2,1-2H3/t9-/m1/s1. The number of anilines is 1. The van der Waals surface area contributed by atoms with Crippen LogP contribution in [0, 0.1) is 0 Å². The van der Waals surface area contributed by atoms with Crippen LogP contribution in [0.3, 0.4) is 0 Å². The van der Waals surface area contributed by atoms with Crippen molar-refractivity contribution < 1.29 is 19.4 Å². The van der Waals surface area contributed by atoms with Gasteiger partial charge in [0, 0.05) is 6.54 Å². The summed E-state index contributed by atoms with van der Waals surface area (Å²) in [5, 5.41) is 9.33. The fraction of sp³-hybridized carbons (Fsp3) is 0.538. The van der Waals surface area contributed by atoms with Gasteiger partial charge in [-0.3, -0.25) is 0 Å². The van der Waals surface area contributed by atoms with Gasteiger partial charge in [-0.15, -0.1) is 0 Å². The van der Waals surface area contributed by atoms with E-state index in [9.17, 15) is 9.90 Å². The minimum Gasteiger partial charge on any atom is -0.480 e. The van der Waals surface area contributed by atoms with E-state index in [0.29, 0.717) is 11.4 Å². The van der Waals surface area contributed by atoms with Crippen molar-refractivity contribution in [3.8, 4) is 5.88 Å². The second kappa shape index (κ2) is 5.88. The smallest absolute Gasteiger partial charge is 0.343 e. The summed E-state index contributed by atoms with van der Waals surface area (Å²) >= 11 is 0. The molecule has 1 aliphatic rings. The summed E-state index contributed by atoms with van der Waals surface area (Å²) in [7, 11) is 2.78. The zero-order valence-corrected chi connectivity index (χ0v) is 11.1. The molecule has 1 aromatic rings. The summed E-state index contributed by atoms with van der Waals surface area (Å²) in [5.41, 5.74) is 0.300. The lowest BCUT2D eigenvalue weighted by atomic mass is 10.2. The molecule has 6 nitrogen and oxygen atoms in total. The monoisotopic (exact) mass is 266 g/mol. The van der Waals surface area contributed by atoms with Crippen molar-refractivity contribution >= 4 is 11.8 Å². The highest BCUT2D eigenvalue weighted by Gasteiger charge is 2.26. The zero-order valence-electron chi connectivity index (χ0n) is 11.1. The Morgan fingerprint density at radius 1 is 1.53 bits per heavy atom. The van der Waals surface area contributed by atoms with Crippen LogP contribution < -0.4 is 9.64 Å². The maximum atomic E-state index is 11.6.